The molecule has 1 aliphatic rings. The van der Waals surface area contributed by atoms with Crippen molar-refractivity contribution in [1.29, 1.82) is 0 Å². The molecule has 102 valence electrons. The van der Waals surface area contributed by atoms with Gasteiger partial charge in [-0.1, -0.05) is 18.2 Å². The van der Waals surface area contributed by atoms with E-state index >= 15 is 0 Å². The van der Waals surface area contributed by atoms with Crippen molar-refractivity contribution in [3.8, 4) is 0 Å². The molecule has 1 aromatic heterocycles. The highest BCUT2D eigenvalue weighted by molar-refractivity contribution is 5.89. The molecule has 2 amide bonds. The quantitative estimate of drug-likeness (QED) is 0.905. The van der Waals surface area contributed by atoms with Gasteiger partial charge in [0.25, 0.3) is 0 Å². The summed E-state index contributed by atoms with van der Waals surface area (Å²) in [6.45, 7) is 0.797. The summed E-state index contributed by atoms with van der Waals surface area (Å²) >= 11 is 0. The van der Waals surface area contributed by atoms with Crippen molar-refractivity contribution in [3.05, 3.63) is 60.4 Å². The van der Waals surface area contributed by atoms with Crippen molar-refractivity contribution in [2.75, 3.05) is 11.9 Å². The zero-order valence-corrected chi connectivity index (χ0v) is 11.2. The van der Waals surface area contributed by atoms with Crippen molar-refractivity contribution in [2.45, 2.75) is 18.9 Å². The van der Waals surface area contributed by atoms with Crippen molar-refractivity contribution in [2.24, 2.45) is 0 Å². The van der Waals surface area contributed by atoms with E-state index in [4.69, 9.17) is 0 Å². The molecular weight excluding hydrogens is 250 g/mol. The number of urea groups is 1. The molecule has 0 bridgehead atoms. The molecule has 0 radical (unpaired) electrons. The number of anilines is 1. The number of benzene rings is 1. The Balaban J connectivity index is 1.74. The third kappa shape index (κ3) is 2.64. The van der Waals surface area contributed by atoms with Gasteiger partial charge in [-0.3, -0.25) is 4.98 Å². The van der Waals surface area contributed by atoms with E-state index < -0.39 is 0 Å². The molecule has 4 heteroatoms. The maximum Gasteiger partial charge on any atom is 0.322 e. The fourth-order valence-electron chi connectivity index (χ4n) is 2.66. The number of nitrogens with one attached hydrogen (secondary N) is 1. The van der Waals surface area contributed by atoms with Crippen LogP contribution in [0.1, 0.15) is 24.4 Å². The summed E-state index contributed by atoms with van der Waals surface area (Å²) in [6.07, 6.45) is 5.60. The van der Waals surface area contributed by atoms with Gasteiger partial charge in [0.2, 0.25) is 0 Å². The Labute approximate surface area is 118 Å². The Morgan fingerprint density at radius 3 is 2.65 bits per heavy atom. The normalized spacial score (nSPS) is 18.0. The number of hydrogen-bond donors (Lipinski definition) is 1. The van der Waals surface area contributed by atoms with Crippen LogP contribution in [-0.2, 0) is 0 Å². The first-order valence-electron chi connectivity index (χ1n) is 6.87. The predicted octanol–water partition coefficient (Wildman–Crippen LogP) is 3.45. The number of carbonyl (C=O) groups is 1. The lowest BCUT2D eigenvalue weighted by atomic mass is 10.1. The van der Waals surface area contributed by atoms with Gasteiger partial charge in [-0.2, -0.15) is 0 Å². The number of aromatic nitrogens is 1. The highest BCUT2D eigenvalue weighted by Crippen LogP contribution is 2.31. The fraction of sp³-hybridized carbons (Fsp3) is 0.250. The number of rotatable bonds is 2. The maximum atomic E-state index is 12.4. The number of pyridine rings is 1. The number of nitrogens with zero attached hydrogens (tertiary/aromatic N) is 2. The van der Waals surface area contributed by atoms with E-state index in [1.165, 1.54) is 0 Å². The SMILES string of the molecule is O=C(Nc1ccccc1)N1CCCC1c1ccncc1. The van der Waals surface area contributed by atoms with Crippen LogP contribution in [0.2, 0.25) is 0 Å². The van der Waals surface area contributed by atoms with Crippen LogP contribution < -0.4 is 5.32 Å². The first-order valence-corrected chi connectivity index (χ1v) is 6.87. The average Bonchev–Trinajstić information content (AvgIpc) is 2.99. The molecule has 1 N–H and O–H groups in total. The third-order valence-corrected chi connectivity index (χ3v) is 3.63. The molecule has 0 saturated carbocycles. The minimum absolute atomic E-state index is 0.0319. The van der Waals surface area contributed by atoms with Gasteiger partial charge in [-0.25, -0.2) is 4.79 Å². The van der Waals surface area contributed by atoms with Gasteiger partial charge >= 0.3 is 6.03 Å². The van der Waals surface area contributed by atoms with Gasteiger partial charge in [0.15, 0.2) is 0 Å². The molecule has 4 nitrogen and oxygen atoms in total. The molecule has 20 heavy (non-hydrogen) atoms. The second kappa shape index (κ2) is 5.74. The molecule has 3 rings (SSSR count). The summed E-state index contributed by atoms with van der Waals surface area (Å²) in [5.74, 6) is 0. The fourth-order valence-corrected chi connectivity index (χ4v) is 2.66. The van der Waals surface area contributed by atoms with E-state index in [2.05, 4.69) is 10.3 Å². The first-order chi connectivity index (χ1) is 9.84. The van der Waals surface area contributed by atoms with Crippen molar-refractivity contribution in [3.63, 3.8) is 0 Å². The highest BCUT2D eigenvalue weighted by Gasteiger charge is 2.29. The molecule has 1 aromatic carbocycles. The molecule has 1 aliphatic heterocycles. The molecule has 0 aliphatic carbocycles. The van der Waals surface area contributed by atoms with Gasteiger partial charge in [0.1, 0.15) is 0 Å². The number of hydrogen-bond acceptors (Lipinski definition) is 2. The monoisotopic (exact) mass is 267 g/mol. The van der Waals surface area contributed by atoms with E-state index in [1.807, 2.05) is 47.4 Å². The van der Waals surface area contributed by atoms with Crippen LogP contribution in [-0.4, -0.2) is 22.5 Å². The highest BCUT2D eigenvalue weighted by atomic mass is 16.2. The number of likely N-dealkylation sites (tertiary alicyclic amines) is 1. The second-order valence-corrected chi connectivity index (χ2v) is 4.93. The summed E-state index contributed by atoms with van der Waals surface area (Å²) in [4.78, 5) is 18.3. The average molecular weight is 267 g/mol. The first kappa shape index (κ1) is 12.7. The zero-order chi connectivity index (χ0) is 13.8. The van der Waals surface area contributed by atoms with Crippen LogP contribution in [0.15, 0.2) is 54.9 Å². The molecule has 1 unspecified atom stereocenters. The summed E-state index contributed by atoms with van der Waals surface area (Å²) in [5.41, 5.74) is 1.98. The predicted molar refractivity (Wildman–Crippen MR) is 78.4 cm³/mol. The summed E-state index contributed by atoms with van der Waals surface area (Å²) in [5, 5.41) is 2.95. The molecule has 1 saturated heterocycles. The zero-order valence-electron chi connectivity index (χ0n) is 11.2. The van der Waals surface area contributed by atoms with E-state index in [9.17, 15) is 4.79 Å². The van der Waals surface area contributed by atoms with Crippen LogP contribution in [0, 0.1) is 0 Å². The summed E-state index contributed by atoms with van der Waals surface area (Å²) < 4.78 is 0. The molecule has 2 aromatic rings. The third-order valence-electron chi connectivity index (χ3n) is 3.63. The standard InChI is InChI=1S/C16H17N3O/c20-16(18-14-5-2-1-3-6-14)19-12-4-7-15(19)13-8-10-17-11-9-13/h1-3,5-6,8-11,15H,4,7,12H2,(H,18,20). The largest absolute Gasteiger partial charge is 0.322 e. The van der Waals surface area contributed by atoms with Gasteiger partial charge < -0.3 is 10.2 Å². The minimum Gasteiger partial charge on any atom is -0.317 e. The number of amides is 2. The number of para-hydroxylation sites is 1. The Hall–Kier alpha value is -2.36. The van der Waals surface area contributed by atoms with E-state index in [1.54, 1.807) is 12.4 Å². The minimum atomic E-state index is -0.0319. The molecule has 0 spiro atoms. The van der Waals surface area contributed by atoms with Crippen molar-refractivity contribution >= 4 is 11.7 Å². The van der Waals surface area contributed by atoms with Crippen LogP contribution in [0.5, 0.6) is 0 Å². The Morgan fingerprint density at radius 2 is 1.90 bits per heavy atom. The van der Waals surface area contributed by atoms with Crippen LogP contribution >= 0.6 is 0 Å². The lowest BCUT2D eigenvalue weighted by Gasteiger charge is -2.25. The van der Waals surface area contributed by atoms with Gasteiger partial charge in [0.05, 0.1) is 6.04 Å². The van der Waals surface area contributed by atoms with Gasteiger partial charge in [-0.15, -0.1) is 0 Å². The Morgan fingerprint density at radius 1 is 1.15 bits per heavy atom. The summed E-state index contributed by atoms with van der Waals surface area (Å²) in [7, 11) is 0. The van der Waals surface area contributed by atoms with Gasteiger partial charge in [-0.05, 0) is 42.7 Å². The number of carbonyl (C=O) groups excluding carboxylic acids is 1. The van der Waals surface area contributed by atoms with Gasteiger partial charge in [0, 0.05) is 24.6 Å². The van der Waals surface area contributed by atoms with E-state index in [0.29, 0.717) is 0 Å². The van der Waals surface area contributed by atoms with Crippen molar-refractivity contribution < 1.29 is 4.79 Å². The molecule has 1 fully saturated rings. The topological polar surface area (TPSA) is 45.2 Å². The molecular formula is C16H17N3O. The Kier molecular flexibility index (Phi) is 3.63. The van der Waals surface area contributed by atoms with E-state index in [0.717, 1.165) is 30.6 Å². The van der Waals surface area contributed by atoms with Crippen LogP contribution in [0.3, 0.4) is 0 Å². The van der Waals surface area contributed by atoms with Crippen LogP contribution in [0.4, 0.5) is 10.5 Å². The smallest absolute Gasteiger partial charge is 0.317 e. The summed E-state index contributed by atoms with van der Waals surface area (Å²) in [6, 6.07) is 13.7. The Bertz CT molecular complexity index is 571. The molecule has 2 heterocycles. The lowest BCUT2D eigenvalue weighted by Crippen LogP contribution is -2.34. The maximum absolute atomic E-state index is 12.4. The lowest BCUT2D eigenvalue weighted by molar-refractivity contribution is 0.207. The van der Waals surface area contributed by atoms with Crippen LogP contribution in [0.25, 0.3) is 0 Å². The molecule has 1 atom stereocenters. The second-order valence-electron chi connectivity index (χ2n) is 4.93. The van der Waals surface area contributed by atoms with E-state index in [-0.39, 0.29) is 12.1 Å². The van der Waals surface area contributed by atoms with Crippen molar-refractivity contribution in [1.82, 2.24) is 9.88 Å².